The van der Waals surface area contributed by atoms with Crippen molar-refractivity contribution in [1.29, 1.82) is 0 Å². The summed E-state index contributed by atoms with van der Waals surface area (Å²) in [6, 6.07) is 9.29. The predicted octanol–water partition coefficient (Wildman–Crippen LogP) is 1.000. The van der Waals surface area contributed by atoms with Crippen molar-refractivity contribution >= 4 is 5.91 Å². The highest BCUT2D eigenvalue weighted by Crippen LogP contribution is 2.16. The van der Waals surface area contributed by atoms with E-state index in [-0.39, 0.29) is 5.91 Å². The first-order valence-electron chi connectivity index (χ1n) is 5.11. The standard InChI is InChI=1S/C13H16N2O/c1-3-4-10-15-12(16)13(2,14)11-8-6-5-7-9-11/h5-9H,10,14H2,1-2H3,(H,15,16). The van der Waals surface area contributed by atoms with Crippen molar-refractivity contribution in [3.63, 3.8) is 0 Å². The van der Waals surface area contributed by atoms with E-state index in [1.165, 1.54) is 0 Å². The molecule has 1 aromatic rings. The number of benzene rings is 1. The van der Waals surface area contributed by atoms with E-state index >= 15 is 0 Å². The van der Waals surface area contributed by atoms with Gasteiger partial charge in [0.15, 0.2) is 0 Å². The van der Waals surface area contributed by atoms with Gasteiger partial charge in [0.25, 0.3) is 0 Å². The molecule has 3 heteroatoms. The normalized spacial score (nSPS) is 13.2. The van der Waals surface area contributed by atoms with E-state index in [9.17, 15) is 4.79 Å². The lowest BCUT2D eigenvalue weighted by atomic mass is 9.92. The van der Waals surface area contributed by atoms with Crippen molar-refractivity contribution in [3.05, 3.63) is 35.9 Å². The summed E-state index contributed by atoms with van der Waals surface area (Å²) in [4.78, 5) is 11.8. The number of nitrogens with one attached hydrogen (secondary N) is 1. The zero-order valence-electron chi connectivity index (χ0n) is 9.58. The van der Waals surface area contributed by atoms with Gasteiger partial charge in [-0.2, -0.15) is 0 Å². The summed E-state index contributed by atoms with van der Waals surface area (Å²) in [6.07, 6.45) is 0. The minimum absolute atomic E-state index is 0.221. The van der Waals surface area contributed by atoms with Gasteiger partial charge in [-0.15, -0.1) is 5.92 Å². The molecule has 0 saturated carbocycles. The Kier molecular flexibility index (Phi) is 4.10. The molecule has 1 rings (SSSR count). The fourth-order valence-corrected chi connectivity index (χ4v) is 1.31. The fraction of sp³-hybridized carbons (Fsp3) is 0.308. The number of carbonyl (C=O) groups is 1. The number of carbonyl (C=O) groups excluding carboxylic acids is 1. The van der Waals surface area contributed by atoms with E-state index in [0.717, 1.165) is 5.56 Å². The van der Waals surface area contributed by atoms with Crippen molar-refractivity contribution in [2.75, 3.05) is 6.54 Å². The highest BCUT2D eigenvalue weighted by Gasteiger charge is 2.29. The van der Waals surface area contributed by atoms with Crippen LogP contribution in [-0.2, 0) is 10.3 Å². The molecule has 0 aliphatic heterocycles. The maximum Gasteiger partial charge on any atom is 0.245 e. The molecule has 0 heterocycles. The molecule has 84 valence electrons. The van der Waals surface area contributed by atoms with Gasteiger partial charge in [-0.05, 0) is 19.4 Å². The molecule has 3 nitrogen and oxygen atoms in total. The van der Waals surface area contributed by atoms with E-state index < -0.39 is 5.54 Å². The predicted molar refractivity (Wildman–Crippen MR) is 64.4 cm³/mol. The fourth-order valence-electron chi connectivity index (χ4n) is 1.31. The lowest BCUT2D eigenvalue weighted by Crippen LogP contribution is -2.49. The maximum atomic E-state index is 11.8. The summed E-state index contributed by atoms with van der Waals surface area (Å²) in [7, 11) is 0. The van der Waals surface area contributed by atoms with Crippen molar-refractivity contribution in [3.8, 4) is 11.8 Å². The van der Waals surface area contributed by atoms with Gasteiger partial charge in [-0.3, -0.25) is 4.79 Å². The van der Waals surface area contributed by atoms with Crippen molar-refractivity contribution in [2.24, 2.45) is 5.73 Å². The third kappa shape index (κ3) is 2.85. The Morgan fingerprint density at radius 2 is 2.06 bits per heavy atom. The van der Waals surface area contributed by atoms with Crippen molar-refractivity contribution in [2.45, 2.75) is 19.4 Å². The quantitative estimate of drug-likeness (QED) is 0.741. The van der Waals surface area contributed by atoms with E-state index in [0.29, 0.717) is 6.54 Å². The first-order chi connectivity index (χ1) is 7.59. The van der Waals surface area contributed by atoms with E-state index in [1.54, 1.807) is 13.8 Å². The maximum absolute atomic E-state index is 11.8. The average molecular weight is 216 g/mol. The molecule has 0 radical (unpaired) electrons. The van der Waals surface area contributed by atoms with Crippen LogP contribution < -0.4 is 11.1 Å². The van der Waals surface area contributed by atoms with Crippen LogP contribution in [0.5, 0.6) is 0 Å². The summed E-state index contributed by atoms with van der Waals surface area (Å²) >= 11 is 0. The molecule has 0 spiro atoms. The van der Waals surface area contributed by atoms with Gasteiger partial charge in [0.05, 0.1) is 6.54 Å². The van der Waals surface area contributed by atoms with Crippen LogP contribution in [-0.4, -0.2) is 12.5 Å². The monoisotopic (exact) mass is 216 g/mol. The number of rotatable bonds is 3. The number of hydrogen-bond acceptors (Lipinski definition) is 2. The van der Waals surface area contributed by atoms with Gasteiger partial charge in [-0.1, -0.05) is 36.3 Å². The Labute approximate surface area is 96.0 Å². The van der Waals surface area contributed by atoms with Crippen LogP contribution in [0, 0.1) is 11.8 Å². The summed E-state index contributed by atoms with van der Waals surface area (Å²) in [5.41, 5.74) is 5.78. The molecule has 0 bridgehead atoms. The molecule has 0 fully saturated rings. The van der Waals surface area contributed by atoms with Crippen LogP contribution in [0.1, 0.15) is 19.4 Å². The summed E-state index contributed by atoms with van der Waals surface area (Å²) in [6.45, 7) is 3.75. The van der Waals surface area contributed by atoms with Crippen LogP contribution in [0.4, 0.5) is 0 Å². The Balaban J connectivity index is 2.76. The zero-order valence-corrected chi connectivity index (χ0v) is 9.58. The molecule has 3 N–H and O–H groups in total. The smallest absolute Gasteiger partial charge is 0.245 e. The highest BCUT2D eigenvalue weighted by molar-refractivity contribution is 5.87. The molecule has 0 aliphatic carbocycles. The summed E-state index contributed by atoms with van der Waals surface area (Å²) in [5, 5.41) is 2.68. The Bertz CT molecular complexity index is 413. The molecule has 1 unspecified atom stereocenters. The van der Waals surface area contributed by atoms with Crippen LogP contribution in [0.15, 0.2) is 30.3 Å². The Morgan fingerprint density at radius 3 is 2.62 bits per heavy atom. The molecule has 0 saturated heterocycles. The second-order valence-electron chi connectivity index (χ2n) is 3.68. The Morgan fingerprint density at radius 1 is 1.44 bits per heavy atom. The minimum Gasteiger partial charge on any atom is -0.343 e. The van der Waals surface area contributed by atoms with Gasteiger partial charge in [0.2, 0.25) is 5.91 Å². The average Bonchev–Trinajstić information content (AvgIpc) is 2.30. The van der Waals surface area contributed by atoms with E-state index in [2.05, 4.69) is 17.2 Å². The minimum atomic E-state index is -1.02. The van der Waals surface area contributed by atoms with Crippen molar-refractivity contribution < 1.29 is 4.79 Å². The molecule has 1 amide bonds. The summed E-state index contributed by atoms with van der Waals surface area (Å²) < 4.78 is 0. The van der Waals surface area contributed by atoms with Gasteiger partial charge < -0.3 is 11.1 Å². The first-order valence-corrected chi connectivity index (χ1v) is 5.11. The van der Waals surface area contributed by atoms with Crippen LogP contribution in [0.2, 0.25) is 0 Å². The van der Waals surface area contributed by atoms with Gasteiger partial charge in [0, 0.05) is 0 Å². The largest absolute Gasteiger partial charge is 0.343 e. The molecule has 1 aromatic carbocycles. The van der Waals surface area contributed by atoms with E-state index in [4.69, 9.17) is 5.73 Å². The third-order valence-electron chi connectivity index (χ3n) is 2.36. The molecule has 0 aliphatic rings. The highest BCUT2D eigenvalue weighted by atomic mass is 16.2. The van der Waals surface area contributed by atoms with E-state index in [1.807, 2.05) is 30.3 Å². The lowest BCUT2D eigenvalue weighted by Gasteiger charge is -2.23. The topological polar surface area (TPSA) is 55.1 Å². The molecular weight excluding hydrogens is 200 g/mol. The second kappa shape index (κ2) is 5.34. The first kappa shape index (κ1) is 12.3. The SMILES string of the molecule is CC#CCNC(=O)C(C)(N)c1ccccc1. The molecule has 0 aromatic heterocycles. The van der Waals surface area contributed by atoms with Crippen LogP contribution in [0.25, 0.3) is 0 Å². The number of amides is 1. The van der Waals surface area contributed by atoms with Crippen molar-refractivity contribution in [1.82, 2.24) is 5.32 Å². The second-order valence-corrected chi connectivity index (χ2v) is 3.68. The molecule has 1 atom stereocenters. The molecular formula is C13H16N2O. The summed E-state index contributed by atoms with van der Waals surface area (Å²) in [5.74, 6) is 5.25. The zero-order chi connectivity index (χ0) is 12.0. The number of hydrogen-bond donors (Lipinski definition) is 2. The lowest BCUT2D eigenvalue weighted by molar-refractivity contribution is -0.125. The van der Waals surface area contributed by atoms with Gasteiger partial charge in [0.1, 0.15) is 5.54 Å². The third-order valence-corrected chi connectivity index (χ3v) is 2.36. The Hall–Kier alpha value is -1.79. The van der Waals surface area contributed by atoms with Gasteiger partial charge in [-0.25, -0.2) is 0 Å². The van der Waals surface area contributed by atoms with Crippen LogP contribution in [0.3, 0.4) is 0 Å². The number of nitrogens with two attached hydrogens (primary N) is 1. The van der Waals surface area contributed by atoms with Gasteiger partial charge >= 0.3 is 0 Å². The molecule has 16 heavy (non-hydrogen) atoms. The van der Waals surface area contributed by atoms with Crippen LogP contribution >= 0.6 is 0 Å².